The molecule has 3 N–H and O–H groups in total. The van der Waals surface area contributed by atoms with Gasteiger partial charge in [0.1, 0.15) is 5.75 Å². The number of nitrogens with one attached hydrogen (secondary N) is 3. The topological polar surface area (TPSA) is 62.4 Å². The molecule has 2 aromatic carbocycles. The van der Waals surface area contributed by atoms with Gasteiger partial charge in [0, 0.05) is 17.2 Å². The van der Waals surface area contributed by atoms with Gasteiger partial charge in [-0.25, -0.2) is 0 Å². The Morgan fingerprint density at radius 3 is 2.58 bits per heavy atom. The highest BCUT2D eigenvalue weighted by Crippen LogP contribution is 2.16. The highest BCUT2D eigenvalue weighted by molar-refractivity contribution is 7.99. The molecule has 0 aliphatic heterocycles. The normalized spacial score (nSPS) is 10.1. The number of benzene rings is 2. The molecule has 0 aliphatic carbocycles. The van der Waals surface area contributed by atoms with Gasteiger partial charge in [-0.2, -0.15) is 0 Å². The molecule has 1 amide bonds. The molecule has 2 rings (SSSR count). The summed E-state index contributed by atoms with van der Waals surface area (Å²) in [6.07, 6.45) is 0. The van der Waals surface area contributed by atoms with Crippen LogP contribution in [0.3, 0.4) is 0 Å². The van der Waals surface area contributed by atoms with Gasteiger partial charge in [0.2, 0.25) is 0 Å². The smallest absolute Gasteiger partial charge is 0.276 e. The standard InChI is InChI=1S/C19H23N3O2S2/c1-14-8-9-16(12-15(14)2)24-13-18(23)21-22-19(25)20-10-11-26-17-6-4-3-5-7-17/h3-9,12H,10-11,13H2,1-2H3,(H,21,23)(H2,20,22,25). The van der Waals surface area contributed by atoms with E-state index in [1.165, 1.54) is 10.5 Å². The number of amides is 1. The van der Waals surface area contributed by atoms with E-state index >= 15 is 0 Å². The predicted octanol–water partition coefficient (Wildman–Crippen LogP) is 2.97. The lowest BCUT2D eigenvalue weighted by Gasteiger charge is -2.12. The van der Waals surface area contributed by atoms with E-state index in [0.717, 1.165) is 11.3 Å². The average Bonchev–Trinajstić information content (AvgIpc) is 2.65. The largest absolute Gasteiger partial charge is 0.484 e. The van der Waals surface area contributed by atoms with Crippen molar-refractivity contribution in [2.24, 2.45) is 0 Å². The van der Waals surface area contributed by atoms with Crippen LogP contribution < -0.4 is 20.9 Å². The number of ether oxygens (including phenoxy) is 1. The fraction of sp³-hybridized carbons (Fsp3) is 0.263. The Morgan fingerprint density at radius 1 is 1.08 bits per heavy atom. The number of carbonyl (C=O) groups excluding carboxylic acids is 1. The molecular weight excluding hydrogens is 366 g/mol. The maximum Gasteiger partial charge on any atom is 0.276 e. The molecule has 0 spiro atoms. The van der Waals surface area contributed by atoms with Crippen LogP contribution in [0, 0.1) is 13.8 Å². The lowest BCUT2D eigenvalue weighted by Crippen LogP contribution is -2.48. The van der Waals surface area contributed by atoms with Gasteiger partial charge < -0.3 is 10.1 Å². The molecule has 26 heavy (non-hydrogen) atoms. The van der Waals surface area contributed by atoms with E-state index in [1.54, 1.807) is 11.8 Å². The number of hydrogen-bond acceptors (Lipinski definition) is 4. The number of thiocarbonyl (C=S) groups is 1. The van der Waals surface area contributed by atoms with Crippen LogP contribution in [-0.4, -0.2) is 29.9 Å². The molecule has 0 aromatic heterocycles. The van der Waals surface area contributed by atoms with Crippen molar-refractivity contribution in [1.29, 1.82) is 0 Å². The third kappa shape index (κ3) is 7.33. The maximum absolute atomic E-state index is 11.8. The first-order valence-corrected chi connectivity index (χ1v) is 9.64. The van der Waals surface area contributed by atoms with Gasteiger partial charge in [-0.1, -0.05) is 24.3 Å². The summed E-state index contributed by atoms with van der Waals surface area (Å²) in [5.41, 5.74) is 7.49. The molecule has 0 radical (unpaired) electrons. The predicted molar refractivity (Wildman–Crippen MR) is 110 cm³/mol. The van der Waals surface area contributed by atoms with Crippen molar-refractivity contribution < 1.29 is 9.53 Å². The minimum atomic E-state index is -0.300. The van der Waals surface area contributed by atoms with Crippen LogP contribution in [0.1, 0.15) is 11.1 Å². The number of carbonyl (C=O) groups is 1. The van der Waals surface area contributed by atoms with Crippen LogP contribution in [0.4, 0.5) is 0 Å². The van der Waals surface area contributed by atoms with Crippen LogP contribution >= 0.6 is 24.0 Å². The van der Waals surface area contributed by atoms with Crippen LogP contribution in [0.2, 0.25) is 0 Å². The van der Waals surface area contributed by atoms with Crippen molar-refractivity contribution in [1.82, 2.24) is 16.2 Å². The molecule has 0 bridgehead atoms. The molecule has 0 unspecified atom stereocenters. The van der Waals surface area contributed by atoms with Gasteiger partial charge in [0.15, 0.2) is 11.7 Å². The van der Waals surface area contributed by atoms with E-state index in [1.807, 2.05) is 50.2 Å². The monoisotopic (exact) mass is 389 g/mol. The lowest BCUT2D eigenvalue weighted by molar-refractivity contribution is -0.123. The Morgan fingerprint density at radius 2 is 1.85 bits per heavy atom. The van der Waals surface area contributed by atoms with Gasteiger partial charge >= 0.3 is 0 Å². The van der Waals surface area contributed by atoms with E-state index in [-0.39, 0.29) is 12.5 Å². The second kappa shape index (κ2) is 10.7. The number of aryl methyl sites for hydroxylation is 2. The second-order valence-corrected chi connectivity index (χ2v) is 7.20. The first-order chi connectivity index (χ1) is 12.5. The summed E-state index contributed by atoms with van der Waals surface area (Å²) in [7, 11) is 0. The number of hydrazine groups is 1. The van der Waals surface area contributed by atoms with E-state index in [0.29, 0.717) is 17.4 Å². The Labute approximate surface area is 163 Å². The summed E-state index contributed by atoms with van der Waals surface area (Å²) < 4.78 is 5.46. The quantitative estimate of drug-likeness (QED) is 0.293. The highest BCUT2D eigenvalue weighted by Gasteiger charge is 2.04. The van der Waals surface area contributed by atoms with Gasteiger partial charge in [-0.05, 0) is 61.5 Å². The SMILES string of the molecule is Cc1ccc(OCC(=O)NNC(=S)NCCSc2ccccc2)cc1C. The van der Waals surface area contributed by atoms with Crippen molar-refractivity contribution in [2.45, 2.75) is 18.7 Å². The molecular formula is C19H23N3O2S2. The van der Waals surface area contributed by atoms with Crippen LogP contribution in [0.5, 0.6) is 5.75 Å². The summed E-state index contributed by atoms with van der Waals surface area (Å²) in [6, 6.07) is 15.9. The van der Waals surface area contributed by atoms with Crippen LogP contribution in [0.15, 0.2) is 53.4 Å². The molecule has 5 nitrogen and oxygen atoms in total. The Bertz CT molecular complexity index is 739. The first-order valence-electron chi connectivity index (χ1n) is 8.25. The molecule has 0 saturated carbocycles. The van der Waals surface area contributed by atoms with Crippen molar-refractivity contribution in [3.63, 3.8) is 0 Å². The minimum absolute atomic E-state index is 0.0814. The zero-order chi connectivity index (χ0) is 18.8. The van der Waals surface area contributed by atoms with E-state index in [2.05, 4.69) is 28.3 Å². The molecule has 0 aliphatic rings. The maximum atomic E-state index is 11.8. The first kappa shape index (κ1) is 20.1. The summed E-state index contributed by atoms with van der Waals surface area (Å²) >= 11 is 6.86. The van der Waals surface area contributed by atoms with Crippen LogP contribution in [0.25, 0.3) is 0 Å². The zero-order valence-electron chi connectivity index (χ0n) is 14.9. The molecule has 0 saturated heterocycles. The number of thioether (sulfide) groups is 1. The fourth-order valence-corrected chi connectivity index (χ4v) is 2.95. The number of rotatable bonds is 7. The minimum Gasteiger partial charge on any atom is -0.484 e. The summed E-state index contributed by atoms with van der Waals surface area (Å²) in [5.74, 6) is 1.24. The summed E-state index contributed by atoms with van der Waals surface area (Å²) in [5, 5.41) is 3.41. The molecule has 0 fully saturated rings. The Kier molecular flexibility index (Phi) is 8.24. The Hall–Kier alpha value is -2.25. The second-order valence-electron chi connectivity index (χ2n) is 5.63. The van der Waals surface area contributed by atoms with Gasteiger partial charge in [-0.15, -0.1) is 11.8 Å². The van der Waals surface area contributed by atoms with E-state index in [9.17, 15) is 4.79 Å². The zero-order valence-corrected chi connectivity index (χ0v) is 16.5. The van der Waals surface area contributed by atoms with E-state index in [4.69, 9.17) is 17.0 Å². The van der Waals surface area contributed by atoms with Crippen molar-refractivity contribution >= 4 is 35.0 Å². The third-order valence-corrected chi connectivity index (χ3v) is 4.82. The molecule has 2 aromatic rings. The summed E-state index contributed by atoms with van der Waals surface area (Å²) in [4.78, 5) is 13.0. The molecule has 0 atom stereocenters. The molecule has 7 heteroatoms. The van der Waals surface area contributed by atoms with Gasteiger partial charge in [0.25, 0.3) is 5.91 Å². The van der Waals surface area contributed by atoms with Crippen molar-refractivity contribution in [3.05, 3.63) is 59.7 Å². The highest BCUT2D eigenvalue weighted by atomic mass is 32.2. The van der Waals surface area contributed by atoms with E-state index < -0.39 is 0 Å². The van der Waals surface area contributed by atoms with Gasteiger partial charge in [0.05, 0.1) is 0 Å². The number of hydrogen-bond donors (Lipinski definition) is 3. The lowest BCUT2D eigenvalue weighted by atomic mass is 10.1. The summed E-state index contributed by atoms with van der Waals surface area (Å²) in [6.45, 7) is 4.65. The van der Waals surface area contributed by atoms with Gasteiger partial charge in [-0.3, -0.25) is 15.6 Å². The fourth-order valence-electron chi connectivity index (χ4n) is 2.01. The van der Waals surface area contributed by atoms with Crippen molar-refractivity contribution in [3.8, 4) is 5.75 Å². The third-order valence-electron chi connectivity index (χ3n) is 3.56. The van der Waals surface area contributed by atoms with Crippen molar-refractivity contribution in [2.75, 3.05) is 18.9 Å². The Balaban J connectivity index is 1.57. The average molecular weight is 390 g/mol. The molecule has 138 valence electrons. The van der Waals surface area contributed by atoms with Crippen LogP contribution in [-0.2, 0) is 4.79 Å². The molecule has 0 heterocycles.